The van der Waals surface area contributed by atoms with Crippen molar-refractivity contribution in [3.63, 3.8) is 0 Å². The normalized spacial score (nSPS) is 9.25. The Hall–Kier alpha value is -0.410. The lowest BCUT2D eigenvalue weighted by Gasteiger charge is -1.95. The van der Waals surface area contributed by atoms with Crippen LogP contribution in [0.4, 0.5) is 0 Å². The molecule has 0 atom stereocenters. The molecule has 0 aromatic heterocycles. The fourth-order valence-electron chi connectivity index (χ4n) is 0.208. The lowest BCUT2D eigenvalue weighted by molar-refractivity contribution is -0.285. The molecule has 3 heteroatoms. The van der Waals surface area contributed by atoms with Gasteiger partial charge in [-0.25, -0.2) is 9.78 Å². The third kappa shape index (κ3) is 5.59. The largest absolute Gasteiger partial charge is 0.297 e. The molecule has 0 aliphatic heterocycles. The van der Waals surface area contributed by atoms with Gasteiger partial charge in [-0.05, 0) is 13.8 Å². The van der Waals surface area contributed by atoms with Crippen LogP contribution in [-0.4, -0.2) is 19.0 Å². The highest BCUT2D eigenvalue weighted by Crippen LogP contribution is 1.76. The first-order chi connectivity index (χ1) is 3.77. The van der Waals surface area contributed by atoms with Crippen LogP contribution in [0.25, 0.3) is 0 Å². The second kappa shape index (κ2) is 4.74. The Bertz CT molecular complexity index is 70.1. The van der Waals surface area contributed by atoms with Crippen molar-refractivity contribution < 1.29 is 14.6 Å². The van der Waals surface area contributed by atoms with E-state index in [-0.39, 0.29) is 12.4 Å². The van der Waals surface area contributed by atoms with Crippen molar-refractivity contribution in [3.8, 4) is 0 Å². The molecule has 0 aromatic rings. The predicted molar refractivity (Wildman–Crippen MR) is 28.3 cm³/mol. The van der Waals surface area contributed by atoms with Gasteiger partial charge in [-0.3, -0.25) is 4.79 Å². The van der Waals surface area contributed by atoms with E-state index in [1.54, 1.807) is 6.92 Å². The molecule has 48 valence electrons. The van der Waals surface area contributed by atoms with E-state index in [0.717, 1.165) is 0 Å². The maximum absolute atomic E-state index is 10.1. The molecule has 8 heavy (non-hydrogen) atoms. The monoisotopic (exact) mass is 118 g/mol. The molecule has 0 unspecified atom stereocenters. The molecule has 0 fully saturated rings. The Balaban J connectivity index is 2.82. The van der Waals surface area contributed by atoms with Gasteiger partial charge in [0.15, 0.2) is 5.78 Å². The first-order valence-electron chi connectivity index (χ1n) is 2.51. The average Bonchev–Trinajstić information content (AvgIpc) is 1.66. The Morgan fingerprint density at radius 2 is 2.12 bits per heavy atom. The molecule has 0 aromatic carbocycles. The maximum Gasteiger partial charge on any atom is 0.158 e. The number of hydrogen-bond acceptors (Lipinski definition) is 3. The van der Waals surface area contributed by atoms with E-state index in [0.29, 0.717) is 6.61 Å². The summed E-state index contributed by atoms with van der Waals surface area (Å²) in [6, 6.07) is 0. The number of carbonyl (C=O) groups is 1. The Morgan fingerprint density at radius 1 is 1.50 bits per heavy atom. The van der Waals surface area contributed by atoms with E-state index in [4.69, 9.17) is 0 Å². The molecule has 0 radical (unpaired) electrons. The molecule has 0 rings (SSSR count). The molecule has 3 nitrogen and oxygen atoms in total. The van der Waals surface area contributed by atoms with Crippen molar-refractivity contribution in [2.75, 3.05) is 13.2 Å². The first kappa shape index (κ1) is 7.59. The molecule has 0 saturated heterocycles. The van der Waals surface area contributed by atoms with Gasteiger partial charge in [-0.15, -0.1) is 0 Å². The van der Waals surface area contributed by atoms with Crippen LogP contribution in [0.5, 0.6) is 0 Å². The fraction of sp³-hybridized carbons (Fsp3) is 0.800. The van der Waals surface area contributed by atoms with Crippen LogP contribution in [0.3, 0.4) is 0 Å². The van der Waals surface area contributed by atoms with Crippen molar-refractivity contribution >= 4 is 5.78 Å². The number of Topliss-reactive ketones (excluding diaryl/α,β-unsaturated/α-hetero) is 1. The van der Waals surface area contributed by atoms with E-state index in [2.05, 4.69) is 9.78 Å². The van der Waals surface area contributed by atoms with Crippen LogP contribution in [0.1, 0.15) is 13.8 Å². The third-order valence-electron chi connectivity index (χ3n) is 0.463. The summed E-state index contributed by atoms with van der Waals surface area (Å²) in [7, 11) is 0. The number of ketones is 1. The first-order valence-corrected chi connectivity index (χ1v) is 2.51. The molecule has 0 heterocycles. The standard InChI is InChI=1S/C5H10O3/c1-3-7-8-4-5(2)6/h3-4H2,1-2H3. The zero-order valence-corrected chi connectivity index (χ0v) is 5.14. The van der Waals surface area contributed by atoms with Crippen LogP contribution < -0.4 is 0 Å². The van der Waals surface area contributed by atoms with E-state index >= 15 is 0 Å². The molecule has 0 N–H and O–H groups in total. The molecule has 0 amide bonds. The van der Waals surface area contributed by atoms with E-state index in [1.807, 2.05) is 0 Å². The zero-order valence-electron chi connectivity index (χ0n) is 5.14. The second-order valence-corrected chi connectivity index (χ2v) is 1.37. The summed E-state index contributed by atoms with van der Waals surface area (Å²) in [5.74, 6) is -0.0292. The van der Waals surface area contributed by atoms with Gasteiger partial charge in [0.2, 0.25) is 0 Å². The van der Waals surface area contributed by atoms with Crippen molar-refractivity contribution in [2.45, 2.75) is 13.8 Å². The van der Waals surface area contributed by atoms with Crippen LogP contribution in [0, 0.1) is 0 Å². The minimum absolute atomic E-state index is 0.0292. The van der Waals surface area contributed by atoms with Gasteiger partial charge in [0.1, 0.15) is 6.61 Å². The smallest absolute Gasteiger partial charge is 0.158 e. The second-order valence-electron chi connectivity index (χ2n) is 1.37. The maximum atomic E-state index is 10.1. The highest BCUT2D eigenvalue weighted by Gasteiger charge is 1.89. The quantitative estimate of drug-likeness (QED) is 0.307. The Kier molecular flexibility index (Phi) is 4.50. The summed E-state index contributed by atoms with van der Waals surface area (Å²) in [4.78, 5) is 18.9. The minimum atomic E-state index is -0.0292. The zero-order chi connectivity index (χ0) is 6.41. The van der Waals surface area contributed by atoms with E-state index in [1.165, 1.54) is 6.92 Å². The SMILES string of the molecule is CCOOCC(C)=O. The van der Waals surface area contributed by atoms with Crippen LogP contribution in [-0.2, 0) is 14.6 Å². The van der Waals surface area contributed by atoms with Gasteiger partial charge in [-0.2, -0.15) is 0 Å². The molecular formula is C5H10O3. The molecule has 0 aliphatic rings. The van der Waals surface area contributed by atoms with Crippen molar-refractivity contribution in [1.82, 2.24) is 0 Å². The number of rotatable bonds is 4. The summed E-state index contributed by atoms with van der Waals surface area (Å²) in [6.45, 7) is 3.76. The lowest BCUT2D eigenvalue weighted by Crippen LogP contribution is -2.03. The Morgan fingerprint density at radius 3 is 2.50 bits per heavy atom. The third-order valence-corrected chi connectivity index (χ3v) is 0.463. The molecule has 0 saturated carbocycles. The predicted octanol–water partition coefficient (Wildman–Crippen LogP) is 0.544. The van der Waals surface area contributed by atoms with Crippen molar-refractivity contribution in [1.29, 1.82) is 0 Å². The van der Waals surface area contributed by atoms with Gasteiger partial charge < -0.3 is 0 Å². The molecule has 0 spiro atoms. The summed E-state index contributed by atoms with van der Waals surface area (Å²) in [5, 5.41) is 0. The number of carbonyl (C=O) groups excluding carboxylic acids is 1. The van der Waals surface area contributed by atoms with Gasteiger partial charge in [0, 0.05) is 0 Å². The topological polar surface area (TPSA) is 35.5 Å². The van der Waals surface area contributed by atoms with E-state index in [9.17, 15) is 4.79 Å². The summed E-state index contributed by atoms with van der Waals surface area (Å²) >= 11 is 0. The number of hydrogen-bond donors (Lipinski definition) is 0. The molecule has 0 aliphatic carbocycles. The van der Waals surface area contributed by atoms with Gasteiger partial charge in [-0.1, -0.05) is 0 Å². The molecular weight excluding hydrogens is 108 g/mol. The van der Waals surface area contributed by atoms with Gasteiger partial charge >= 0.3 is 0 Å². The van der Waals surface area contributed by atoms with E-state index < -0.39 is 0 Å². The highest BCUT2D eigenvalue weighted by atomic mass is 17.2. The Labute approximate surface area is 48.5 Å². The lowest BCUT2D eigenvalue weighted by atomic mass is 10.5. The summed E-state index contributed by atoms with van der Waals surface area (Å²) in [6.07, 6.45) is 0. The summed E-state index contributed by atoms with van der Waals surface area (Å²) < 4.78 is 0. The van der Waals surface area contributed by atoms with Crippen LogP contribution in [0.2, 0.25) is 0 Å². The van der Waals surface area contributed by atoms with Crippen molar-refractivity contribution in [2.24, 2.45) is 0 Å². The van der Waals surface area contributed by atoms with Crippen LogP contribution in [0.15, 0.2) is 0 Å². The van der Waals surface area contributed by atoms with Gasteiger partial charge in [0.25, 0.3) is 0 Å². The summed E-state index contributed by atoms with van der Waals surface area (Å²) in [5.41, 5.74) is 0. The highest BCUT2D eigenvalue weighted by molar-refractivity contribution is 5.76. The minimum Gasteiger partial charge on any atom is -0.297 e. The fourth-order valence-corrected chi connectivity index (χ4v) is 0.208. The van der Waals surface area contributed by atoms with Crippen molar-refractivity contribution in [3.05, 3.63) is 0 Å². The average molecular weight is 118 g/mol. The molecule has 0 bridgehead atoms. The van der Waals surface area contributed by atoms with Crippen LogP contribution >= 0.6 is 0 Å². The van der Waals surface area contributed by atoms with Gasteiger partial charge in [0.05, 0.1) is 6.61 Å².